The number of alkyl halides is 1. The first-order valence-corrected chi connectivity index (χ1v) is 9.53. The van der Waals surface area contributed by atoms with Crippen molar-refractivity contribution in [3.05, 3.63) is 57.6 Å². The predicted octanol–water partition coefficient (Wildman–Crippen LogP) is 4.55. The molecule has 0 radical (unpaired) electrons. The summed E-state index contributed by atoms with van der Waals surface area (Å²) in [6, 6.07) is 6.59. The average molecular weight is 429 g/mol. The Labute approximate surface area is 169 Å². The Morgan fingerprint density at radius 3 is 2.50 bits per heavy atom. The standard InChI is InChI=1S/C19H17Cl2F3N4/c20-11-2-1-3-12(21)10(11)8-28-18-7-15(24)14(23)6-17(18)26-19(28)27-5-4-13(22)16(25)9-27/h1-3,6-7,13,16H,4-5,8-9,25H2/t13-,16-/m1/s1. The summed E-state index contributed by atoms with van der Waals surface area (Å²) in [7, 11) is 0. The van der Waals surface area contributed by atoms with E-state index >= 15 is 0 Å². The number of fused-ring (bicyclic) bond motifs is 1. The second-order valence-corrected chi connectivity index (χ2v) is 7.68. The van der Waals surface area contributed by atoms with Crippen LogP contribution in [0.4, 0.5) is 19.1 Å². The van der Waals surface area contributed by atoms with Crippen LogP contribution in [0.5, 0.6) is 0 Å². The van der Waals surface area contributed by atoms with Crippen LogP contribution in [0, 0.1) is 11.6 Å². The van der Waals surface area contributed by atoms with E-state index in [9.17, 15) is 13.2 Å². The highest BCUT2D eigenvalue weighted by atomic mass is 35.5. The SMILES string of the molecule is N[C@@H]1CN(c2nc3cc(F)c(F)cc3n2Cc2c(Cl)cccc2Cl)CC[C@H]1F. The molecule has 1 aromatic heterocycles. The fourth-order valence-corrected chi connectivity index (χ4v) is 4.00. The van der Waals surface area contributed by atoms with E-state index < -0.39 is 23.8 Å². The monoisotopic (exact) mass is 428 g/mol. The number of piperidine rings is 1. The molecule has 3 aromatic rings. The van der Waals surface area contributed by atoms with Crippen molar-refractivity contribution in [3.8, 4) is 0 Å². The van der Waals surface area contributed by atoms with Crippen LogP contribution in [0.3, 0.4) is 0 Å². The van der Waals surface area contributed by atoms with E-state index in [1.54, 1.807) is 22.8 Å². The van der Waals surface area contributed by atoms with Gasteiger partial charge in [0.2, 0.25) is 5.95 Å². The maximum Gasteiger partial charge on any atom is 0.206 e. The molecule has 2 heterocycles. The summed E-state index contributed by atoms with van der Waals surface area (Å²) >= 11 is 12.6. The van der Waals surface area contributed by atoms with Crippen molar-refractivity contribution in [2.24, 2.45) is 5.73 Å². The minimum absolute atomic E-state index is 0.195. The van der Waals surface area contributed by atoms with Crippen LogP contribution < -0.4 is 10.6 Å². The normalized spacial score (nSPS) is 20.1. The summed E-state index contributed by atoms with van der Waals surface area (Å²) in [5.41, 5.74) is 7.18. The average Bonchev–Trinajstić information content (AvgIpc) is 2.98. The Morgan fingerprint density at radius 2 is 1.82 bits per heavy atom. The van der Waals surface area contributed by atoms with Gasteiger partial charge in [-0.05, 0) is 18.6 Å². The molecule has 4 nitrogen and oxygen atoms in total. The number of hydrogen-bond donors (Lipinski definition) is 1. The van der Waals surface area contributed by atoms with E-state index in [0.717, 1.165) is 12.1 Å². The van der Waals surface area contributed by atoms with Crippen molar-refractivity contribution in [1.29, 1.82) is 0 Å². The van der Waals surface area contributed by atoms with Crippen LogP contribution in [0.2, 0.25) is 10.0 Å². The molecule has 2 atom stereocenters. The lowest BCUT2D eigenvalue weighted by molar-refractivity contribution is 0.243. The summed E-state index contributed by atoms with van der Waals surface area (Å²) in [4.78, 5) is 6.29. The number of anilines is 1. The third-order valence-electron chi connectivity index (χ3n) is 5.00. The van der Waals surface area contributed by atoms with E-state index in [2.05, 4.69) is 4.98 Å². The van der Waals surface area contributed by atoms with Crippen molar-refractivity contribution in [1.82, 2.24) is 9.55 Å². The first kappa shape index (κ1) is 19.4. The maximum atomic E-state index is 13.9. The van der Waals surface area contributed by atoms with Gasteiger partial charge in [0.15, 0.2) is 11.6 Å². The zero-order valence-corrected chi connectivity index (χ0v) is 16.2. The zero-order valence-electron chi connectivity index (χ0n) is 14.7. The van der Waals surface area contributed by atoms with Crippen LogP contribution in [0.1, 0.15) is 12.0 Å². The fourth-order valence-electron chi connectivity index (χ4n) is 3.48. The van der Waals surface area contributed by atoms with Gasteiger partial charge in [-0.25, -0.2) is 18.2 Å². The van der Waals surface area contributed by atoms with Gasteiger partial charge in [-0.3, -0.25) is 0 Å². The number of benzene rings is 2. The van der Waals surface area contributed by atoms with Crippen molar-refractivity contribution in [2.75, 3.05) is 18.0 Å². The Morgan fingerprint density at radius 1 is 1.14 bits per heavy atom. The van der Waals surface area contributed by atoms with Gasteiger partial charge < -0.3 is 15.2 Å². The van der Waals surface area contributed by atoms with E-state index in [4.69, 9.17) is 28.9 Å². The van der Waals surface area contributed by atoms with Crippen molar-refractivity contribution >= 4 is 40.2 Å². The zero-order chi connectivity index (χ0) is 20.0. The molecule has 4 rings (SSSR count). The minimum atomic E-state index is -1.10. The van der Waals surface area contributed by atoms with E-state index in [-0.39, 0.29) is 25.0 Å². The molecule has 2 aromatic carbocycles. The predicted molar refractivity (Wildman–Crippen MR) is 105 cm³/mol. The summed E-state index contributed by atoms with van der Waals surface area (Å²) in [5.74, 6) is -1.53. The number of rotatable bonds is 3. The second-order valence-electron chi connectivity index (χ2n) is 6.87. The maximum absolute atomic E-state index is 13.9. The van der Waals surface area contributed by atoms with E-state index in [1.807, 2.05) is 4.90 Å². The highest BCUT2D eigenvalue weighted by molar-refractivity contribution is 6.36. The topological polar surface area (TPSA) is 47.1 Å². The Kier molecular flexibility index (Phi) is 5.16. The lowest BCUT2D eigenvalue weighted by Crippen LogP contribution is -2.50. The molecule has 1 aliphatic rings. The Bertz CT molecular complexity index is 1020. The molecule has 0 aliphatic carbocycles. The fraction of sp³-hybridized carbons (Fsp3) is 0.316. The summed E-state index contributed by atoms with van der Waals surface area (Å²) in [5, 5.41) is 0.893. The summed E-state index contributed by atoms with van der Waals surface area (Å²) < 4.78 is 43.2. The van der Waals surface area contributed by atoms with Gasteiger partial charge in [-0.1, -0.05) is 29.3 Å². The third kappa shape index (κ3) is 3.43. The number of nitrogens with zero attached hydrogens (tertiary/aromatic N) is 3. The molecule has 148 valence electrons. The van der Waals surface area contributed by atoms with Gasteiger partial charge in [-0.2, -0.15) is 0 Å². The molecule has 9 heteroatoms. The third-order valence-corrected chi connectivity index (χ3v) is 5.71. The van der Waals surface area contributed by atoms with Crippen molar-refractivity contribution < 1.29 is 13.2 Å². The summed E-state index contributed by atoms with van der Waals surface area (Å²) in [6.45, 7) is 0.825. The molecule has 1 aliphatic heterocycles. The number of nitrogens with two attached hydrogens (primary N) is 1. The van der Waals surface area contributed by atoms with Gasteiger partial charge >= 0.3 is 0 Å². The highest BCUT2D eigenvalue weighted by Crippen LogP contribution is 2.32. The van der Waals surface area contributed by atoms with Gasteiger partial charge in [0, 0.05) is 40.8 Å². The molecule has 0 saturated carbocycles. The number of aromatic nitrogens is 2. The Balaban J connectivity index is 1.85. The van der Waals surface area contributed by atoms with Crippen LogP contribution in [0.25, 0.3) is 11.0 Å². The lowest BCUT2D eigenvalue weighted by Gasteiger charge is -2.34. The number of halogens is 5. The number of imidazole rings is 1. The molecule has 2 N–H and O–H groups in total. The Hall–Kier alpha value is -1.96. The highest BCUT2D eigenvalue weighted by Gasteiger charge is 2.29. The molecule has 0 spiro atoms. The molecular weight excluding hydrogens is 412 g/mol. The van der Waals surface area contributed by atoms with Crippen molar-refractivity contribution in [2.45, 2.75) is 25.2 Å². The molecular formula is C19H17Cl2F3N4. The van der Waals surface area contributed by atoms with Crippen LogP contribution in [-0.4, -0.2) is 34.9 Å². The smallest absolute Gasteiger partial charge is 0.206 e. The lowest BCUT2D eigenvalue weighted by atomic mass is 10.1. The first-order chi connectivity index (χ1) is 13.3. The van der Waals surface area contributed by atoms with Crippen molar-refractivity contribution in [3.63, 3.8) is 0 Å². The van der Waals surface area contributed by atoms with Gasteiger partial charge in [0.25, 0.3) is 0 Å². The first-order valence-electron chi connectivity index (χ1n) is 8.78. The molecule has 1 fully saturated rings. The van der Waals surface area contributed by atoms with Crippen LogP contribution in [0.15, 0.2) is 30.3 Å². The molecule has 0 bridgehead atoms. The molecule has 28 heavy (non-hydrogen) atoms. The second kappa shape index (κ2) is 7.46. The molecule has 0 amide bonds. The van der Waals surface area contributed by atoms with Crippen LogP contribution >= 0.6 is 23.2 Å². The largest absolute Gasteiger partial charge is 0.340 e. The van der Waals surface area contributed by atoms with E-state index in [1.165, 1.54) is 0 Å². The van der Waals surface area contributed by atoms with Gasteiger partial charge in [-0.15, -0.1) is 0 Å². The number of hydrogen-bond acceptors (Lipinski definition) is 3. The minimum Gasteiger partial charge on any atom is -0.340 e. The summed E-state index contributed by atoms with van der Waals surface area (Å²) in [6.07, 6.45) is -0.845. The molecule has 0 unspecified atom stereocenters. The quantitative estimate of drug-likeness (QED) is 0.665. The van der Waals surface area contributed by atoms with E-state index in [0.29, 0.717) is 33.6 Å². The van der Waals surface area contributed by atoms with Gasteiger partial charge in [0.1, 0.15) is 6.17 Å². The molecule has 1 saturated heterocycles. The van der Waals surface area contributed by atoms with Crippen LogP contribution in [-0.2, 0) is 6.54 Å². The van der Waals surface area contributed by atoms with Gasteiger partial charge in [0.05, 0.1) is 23.6 Å².